The van der Waals surface area contributed by atoms with E-state index < -0.39 is 11.7 Å². The highest BCUT2D eigenvalue weighted by atomic mass is 32.1. The van der Waals surface area contributed by atoms with Crippen molar-refractivity contribution in [2.75, 3.05) is 6.54 Å². The van der Waals surface area contributed by atoms with Crippen LogP contribution in [0, 0.1) is 11.3 Å². The number of hydrogen-bond acceptors (Lipinski definition) is 2. The Balaban J connectivity index is 2.30. The summed E-state index contributed by atoms with van der Waals surface area (Å²) in [7, 11) is 0. The molecule has 0 saturated heterocycles. The van der Waals surface area contributed by atoms with Crippen LogP contribution in [0.1, 0.15) is 44.4 Å². The standard InChI is InChI=1S/C13H18F3NS/c1-4-17-11(9-5-12(9,2)3)8-6-18-7-10(8)13(14,15)16/h6-7,9,11,17H,4-5H2,1-3H3. The highest BCUT2D eigenvalue weighted by Gasteiger charge is 2.51. The van der Waals surface area contributed by atoms with Gasteiger partial charge in [-0.3, -0.25) is 0 Å². The smallest absolute Gasteiger partial charge is 0.310 e. The largest absolute Gasteiger partial charge is 0.417 e. The van der Waals surface area contributed by atoms with Gasteiger partial charge in [-0.15, -0.1) is 0 Å². The summed E-state index contributed by atoms with van der Waals surface area (Å²) in [6.07, 6.45) is -3.26. The second kappa shape index (κ2) is 4.53. The second-order valence-electron chi connectivity index (χ2n) is 5.57. The molecule has 0 bridgehead atoms. The fourth-order valence-corrected chi connectivity index (χ4v) is 3.44. The van der Waals surface area contributed by atoms with Gasteiger partial charge in [-0.25, -0.2) is 0 Å². The van der Waals surface area contributed by atoms with Crippen molar-refractivity contribution < 1.29 is 13.2 Å². The highest BCUT2D eigenvalue weighted by molar-refractivity contribution is 7.08. The molecule has 0 amide bonds. The van der Waals surface area contributed by atoms with Crippen LogP contribution in [-0.2, 0) is 6.18 Å². The Morgan fingerprint density at radius 3 is 2.50 bits per heavy atom. The predicted octanol–water partition coefficient (Wildman–Crippen LogP) is 4.46. The highest BCUT2D eigenvalue weighted by Crippen LogP contribution is 2.58. The van der Waals surface area contributed by atoms with E-state index in [4.69, 9.17) is 0 Å². The average molecular weight is 277 g/mol. The lowest BCUT2D eigenvalue weighted by molar-refractivity contribution is -0.138. The maximum absolute atomic E-state index is 12.9. The number of thiophene rings is 1. The molecule has 1 nitrogen and oxygen atoms in total. The maximum Gasteiger partial charge on any atom is 0.417 e. The summed E-state index contributed by atoms with van der Waals surface area (Å²) in [6, 6.07) is -0.173. The molecule has 1 aromatic rings. The van der Waals surface area contributed by atoms with Gasteiger partial charge in [0.15, 0.2) is 0 Å². The number of halogens is 3. The van der Waals surface area contributed by atoms with Crippen LogP contribution in [0.2, 0.25) is 0 Å². The zero-order valence-electron chi connectivity index (χ0n) is 10.8. The van der Waals surface area contributed by atoms with Crippen molar-refractivity contribution >= 4 is 11.3 Å². The van der Waals surface area contributed by atoms with E-state index in [1.54, 1.807) is 5.38 Å². The van der Waals surface area contributed by atoms with E-state index in [1.807, 2.05) is 6.92 Å². The third kappa shape index (κ3) is 2.57. The van der Waals surface area contributed by atoms with Gasteiger partial charge in [-0.05, 0) is 35.2 Å². The third-order valence-electron chi connectivity index (χ3n) is 3.75. The molecular weight excluding hydrogens is 259 g/mol. The van der Waals surface area contributed by atoms with Gasteiger partial charge in [0.1, 0.15) is 0 Å². The van der Waals surface area contributed by atoms with Gasteiger partial charge in [-0.1, -0.05) is 20.8 Å². The minimum Gasteiger partial charge on any atom is -0.310 e. The van der Waals surface area contributed by atoms with Crippen molar-refractivity contribution in [1.29, 1.82) is 0 Å². The van der Waals surface area contributed by atoms with Gasteiger partial charge in [0.2, 0.25) is 0 Å². The topological polar surface area (TPSA) is 12.0 Å². The molecule has 1 fully saturated rings. The summed E-state index contributed by atoms with van der Waals surface area (Å²) >= 11 is 1.13. The van der Waals surface area contributed by atoms with Crippen LogP contribution in [-0.4, -0.2) is 6.54 Å². The van der Waals surface area contributed by atoms with Gasteiger partial charge in [0, 0.05) is 11.4 Å². The van der Waals surface area contributed by atoms with E-state index in [9.17, 15) is 13.2 Å². The van der Waals surface area contributed by atoms with Gasteiger partial charge in [-0.2, -0.15) is 24.5 Å². The molecule has 1 aliphatic rings. The van der Waals surface area contributed by atoms with Gasteiger partial charge < -0.3 is 5.32 Å². The maximum atomic E-state index is 12.9. The van der Waals surface area contributed by atoms with Crippen LogP contribution in [0.5, 0.6) is 0 Å². The van der Waals surface area contributed by atoms with Crippen LogP contribution in [0.4, 0.5) is 13.2 Å². The summed E-state index contributed by atoms with van der Waals surface area (Å²) in [6.45, 7) is 6.84. The Kier molecular flexibility index (Phi) is 3.49. The summed E-state index contributed by atoms with van der Waals surface area (Å²) in [4.78, 5) is 0. The minimum absolute atomic E-state index is 0.150. The van der Waals surface area contributed by atoms with E-state index >= 15 is 0 Å². The Morgan fingerprint density at radius 1 is 1.44 bits per heavy atom. The summed E-state index contributed by atoms with van der Waals surface area (Å²) in [5.41, 5.74) is 0.101. The average Bonchev–Trinajstić information content (AvgIpc) is 2.69. The predicted molar refractivity (Wildman–Crippen MR) is 67.6 cm³/mol. The molecule has 2 atom stereocenters. The molecule has 2 rings (SSSR count). The quantitative estimate of drug-likeness (QED) is 0.856. The molecule has 2 unspecified atom stereocenters. The van der Waals surface area contributed by atoms with Gasteiger partial charge >= 0.3 is 6.18 Å². The molecule has 1 saturated carbocycles. The molecule has 0 aromatic carbocycles. The van der Waals surface area contributed by atoms with E-state index in [1.165, 1.54) is 5.38 Å². The van der Waals surface area contributed by atoms with E-state index in [-0.39, 0.29) is 11.5 Å². The Labute approximate surface area is 109 Å². The first kappa shape index (κ1) is 13.9. The fraction of sp³-hybridized carbons (Fsp3) is 0.692. The number of rotatable bonds is 4. The normalized spacial score (nSPS) is 24.0. The first-order valence-corrected chi connectivity index (χ1v) is 7.08. The summed E-state index contributed by atoms with van der Waals surface area (Å²) < 4.78 is 38.8. The number of alkyl halides is 3. The second-order valence-corrected chi connectivity index (χ2v) is 6.32. The summed E-state index contributed by atoms with van der Waals surface area (Å²) in [5.74, 6) is 0.299. The molecule has 0 spiro atoms. The lowest BCUT2D eigenvalue weighted by atomic mass is 9.96. The lowest BCUT2D eigenvalue weighted by Crippen LogP contribution is -2.26. The molecule has 0 radical (unpaired) electrons. The molecule has 5 heteroatoms. The third-order valence-corrected chi connectivity index (χ3v) is 4.51. The van der Waals surface area contributed by atoms with Crippen LogP contribution in [0.15, 0.2) is 10.8 Å². The first-order chi connectivity index (χ1) is 8.27. The van der Waals surface area contributed by atoms with Crippen LogP contribution >= 0.6 is 11.3 Å². The van der Waals surface area contributed by atoms with Crippen molar-refractivity contribution in [3.8, 4) is 0 Å². The molecule has 0 aliphatic heterocycles. The van der Waals surface area contributed by atoms with E-state index in [2.05, 4.69) is 19.2 Å². The molecular formula is C13H18F3NS. The fourth-order valence-electron chi connectivity index (χ4n) is 2.54. The molecule has 1 aromatic heterocycles. The molecule has 18 heavy (non-hydrogen) atoms. The van der Waals surface area contributed by atoms with Crippen molar-refractivity contribution in [2.24, 2.45) is 11.3 Å². The Bertz CT molecular complexity index is 422. The summed E-state index contributed by atoms with van der Waals surface area (Å²) in [5, 5.41) is 6.08. The molecule has 1 aliphatic carbocycles. The van der Waals surface area contributed by atoms with Crippen LogP contribution < -0.4 is 5.32 Å². The first-order valence-electron chi connectivity index (χ1n) is 6.14. The van der Waals surface area contributed by atoms with Crippen molar-refractivity contribution in [1.82, 2.24) is 5.32 Å². The van der Waals surface area contributed by atoms with E-state index in [0.717, 1.165) is 17.8 Å². The lowest BCUT2D eigenvalue weighted by Gasteiger charge is -2.21. The zero-order chi connectivity index (χ0) is 13.6. The Morgan fingerprint density at radius 2 is 2.06 bits per heavy atom. The van der Waals surface area contributed by atoms with E-state index in [0.29, 0.717) is 18.0 Å². The van der Waals surface area contributed by atoms with Crippen molar-refractivity contribution in [3.63, 3.8) is 0 Å². The Hall–Kier alpha value is -0.550. The monoisotopic (exact) mass is 277 g/mol. The van der Waals surface area contributed by atoms with Gasteiger partial charge in [0.25, 0.3) is 0 Å². The number of nitrogens with one attached hydrogen (secondary N) is 1. The molecule has 1 heterocycles. The zero-order valence-corrected chi connectivity index (χ0v) is 11.6. The van der Waals surface area contributed by atoms with Crippen molar-refractivity contribution in [2.45, 2.75) is 39.4 Å². The molecule has 1 N–H and O–H groups in total. The molecule has 102 valence electrons. The van der Waals surface area contributed by atoms with Gasteiger partial charge in [0.05, 0.1) is 5.56 Å². The van der Waals surface area contributed by atoms with Crippen LogP contribution in [0.25, 0.3) is 0 Å². The minimum atomic E-state index is -4.25. The SMILES string of the molecule is CCNC(c1cscc1C(F)(F)F)C1CC1(C)C. The van der Waals surface area contributed by atoms with Crippen LogP contribution in [0.3, 0.4) is 0 Å². The number of hydrogen-bond donors (Lipinski definition) is 1. The van der Waals surface area contributed by atoms with Crippen molar-refractivity contribution in [3.05, 3.63) is 21.9 Å².